The van der Waals surface area contributed by atoms with E-state index < -0.39 is 5.97 Å². The molecule has 0 radical (unpaired) electrons. The molecule has 3 heteroatoms. The standard InChI is InChI=1S/C20H16O3/c21-18-11-8-15(9-12-18)10-13-20(22)23-14-17-6-3-5-16-4-1-2-7-19(16)17/h1-13,21H,14H2/b13-10+. The van der Waals surface area contributed by atoms with Crippen LogP contribution < -0.4 is 0 Å². The van der Waals surface area contributed by atoms with Crippen LogP contribution in [0.3, 0.4) is 0 Å². The van der Waals surface area contributed by atoms with Crippen molar-refractivity contribution >= 4 is 22.8 Å². The lowest BCUT2D eigenvalue weighted by molar-refractivity contribution is -0.138. The normalized spacial score (nSPS) is 11.0. The number of esters is 1. The Morgan fingerprint density at radius 1 is 0.957 bits per heavy atom. The van der Waals surface area contributed by atoms with Gasteiger partial charge < -0.3 is 9.84 Å². The molecular formula is C20H16O3. The molecule has 3 rings (SSSR count). The molecule has 0 bridgehead atoms. The highest BCUT2D eigenvalue weighted by Gasteiger charge is 2.03. The molecule has 3 aromatic carbocycles. The number of carbonyl (C=O) groups is 1. The van der Waals surface area contributed by atoms with Crippen LogP contribution in [0.1, 0.15) is 11.1 Å². The maximum absolute atomic E-state index is 11.8. The number of carbonyl (C=O) groups excluding carboxylic acids is 1. The molecule has 3 nitrogen and oxygen atoms in total. The van der Waals surface area contributed by atoms with Crippen LogP contribution in [0.4, 0.5) is 0 Å². The smallest absolute Gasteiger partial charge is 0.331 e. The van der Waals surface area contributed by atoms with Gasteiger partial charge in [0.25, 0.3) is 0 Å². The minimum absolute atomic E-state index is 0.195. The van der Waals surface area contributed by atoms with Gasteiger partial charge in [0.1, 0.15) is 12.4 Å². The van der Waals surface area contributed by atoms with Crippen LogP contribution in [-0.2, 0) is 16.1 Å². The van der Waals surface area contributed by atoms with Crippen molar-refractivity contribution in [2.75, 3.05) is 0 Å². The molecule has 0 amide bonds. The summed E-state index contributed by atoms with van der Waals surface area (Å²) in [6, 6.07) is 20.5. The van der Waals surface area contributed by atoms with E-state index in [2.05, 4.69) is 0 Å². The summed E-state index contributed by atoms with van der Waals surface area (Å²) in [6.07, 6.45) is 3.04. The number of ether oxygens (including phenoxy) is 1. The summed E-state index contributed by atoms with van der Waals surface area (Å²) >= 11 is 0. The molecule has 0 saturated carbocycles. The van der Waals surface area contributed by atoms with E-state index >= 15 is 0 Å². The van der Waals surface area contributed by atoms with Gasteiger partial charge in [-0.3, -0.25) is 0 Å². The topological polar surface area (TPSA) is 46.5 Å². The number of hydrogen-bond acceptors (Lipinski definition) is 3. The minimum Gasteiger partial charge on any atom is -0.508 e. The van der Waals surface area contributed by atoms with E-state index in [9.17, 15) is 9.90 Å². The monoisotopic (exact) mass is 304 g/mol. The lowest BCUT2D eigenvalue weighted by Crippen LogP contribution is -2.01. The van der Waals surface area contributed by atoms with E-state index in [1.807, 2.05) is 42.5 Å². The highest BCUT2D eigenvalue weighted by molar-refractivity contribution is 5.88. The van der Waals surface area contributed by atoms with Crippen molar-refractivity contribution in [1.82, 2.24) is 0 Å². The van der Waals surface area contributed by atoms with Crippen LogP contribution in [0.5, 0.6) is 5.75 Å². The highest BCUT2D eigenvalue weighted by atomic mass is 16.5. The molecule has 0 saturated heterocycles. The third kappa shape index (κ3) is 3.77. The maximum atomic E-state index is 11.8. The molecule has 0 heterocycles. The van der Waals surface area contributed by atoms with Crippen molar-refractivity contribution in [2.24, 2.45) is 0 Å². The Morgan fingerprint density at radius 2 is 1.70 bits per heavy atom. The lowest BCUT2D eigenvalue weighted by Gasteiger charge is -2.06. The zero-order valence-corrected chi connectivity index (χ0v) is 12.5. The fraction of sp³-hybridized carbons (Fsp3) is 0.0500. The fourth-order valence-electron chi connectivity index (χ4n) is 2.37. The van der Waals surface area contributed by atoms with Crippen molar-refractivity contribution < 1.29 is 14.6 Å². The zero-order chi connectivity index (χ0) is 16.1. The van der Waals surface area contributed by atoms with Gasteiger partial charge in [0, 0.05) is 6.08 Å². The van der Waals surface area contributed by atoms with E-state index in [1.165, 1.54) is 6.08 Å². The van der Waals surface area contributed by atoms with Gasteiger partial charge in [-0.15, -0.1) is 0 Å². The number of hydrogen-bond donors (Lipinski definition) is 1. The molecule has 3 aromatic rings. The third-order valence-corrected chi connectivity index (χ3v) is 3.55. The number of fused-ring (bicyclic) bond motifs is 1. The van der Waals surface area contributed by atoms with Gasteiger partial charge in [0.05, 0.1) is 0 Å². The van der Waals surface area contributed by atoms with Crippen LogP contribution in [0.2, 0.25) is 0 Å². The van der Waals surface area contributed by atoms with Crippen LogP contribution in [0.15, 0.2) is 72.8 Å². The molecule has 1 N–H and O–H groups in total. The number of rotatable bonds is 4. The molecule has 0 fully saturated rings. The van der Waals surface area contributed by atoms with Crippen molar-refractivity contribution in [3.05, 3.63) is 83.9 Å². The Labute approximate surface area is 134 Å². The van der Waals surface area contributed by atoms with Gasteiger partial charge in [-0.25, -0.2) is 4.79 Å². The minimum atomic E-state index is -0.397. The fourth-order valence-corrected chi connectivity index (χ4v) is 2.37. The molecule has 0 unspecified atom stereocenters. The van der Waals surface area contributed by atoms with E-state index in [-0.39, 0.29) is 12.4 Å². The average molecular weight is 304 g/mol. The van der Waals surface area contributed by atoms with Gasteiger partial charge in [0.15, 0.2) is 0 Å². The quantitative estimate of drug-likeness (QED) is 0.577. The molecule has 0 aliphatic rings. The van der Waals surface area contributed by atoms with E-state index in [0.717, 1.165) is 21.9 Å². The zero-order valence-electron chi connectivity index (χ0n) is 12.5. The SMILES string of the molecule is O=C(/C=C/c1ccc(O)cc1)OCc1cccc2ccccc12. The number of phenolic OH excluding ortho intramolecular Hbond substituents is 1. The predicted molar refractivity (Wildman–Crippen MR) is 90.9 cm³/mol. The molecule has 0 spiro atoms. The number of phenols is 1. The summed E-state index contributed by atoms with van der Waals surface area (Å²) in [4.78, 5) is 11.8. The molecule has 0 atom stereocenters. The summed E-state index contributed by atoms with van der Waals surface area (Å²) in [6.45, 7) is 0.236. The molecule has 23 heavy (non-hydrogen) atoms. The van der Waals surface area contributed by atoms with Crippen molar-refractivity contribution in [1.29, 1.82) is 0 Å². The Kier molecular flexibility index (Phi) is 4.39. The van der Waals surface area contributed by atoms with Crippen LogP contribution in [0.25, 0.3) is 16.8 Å². The average Bonchev–Trinajstić information content (AvgIpc) is 2.59. The number of aromatic hydroxyl groups is 1. The summed E-state index contributed by atoms with van der Waals surface area (Å²) in [7, 11) is 0. The molecule has 0 aliphatic carbocycles. The van der Waals surface area contributed by atoms with Gasteiger partial charge in [-0.2, -0.15) is 0 Å². The Bertz CT molecular complexity index is 843. The van der Waals surface area contributed by atoms with Crippen molar-refractivity contribution in [2.45, 2.75) is 6.61 Å². The first-order valence-corrected chi connectivity index (χ1v) is 7.33. The van der Waals surface area contributed by atoms with Crippen LogP contribution in [-0.4, -0.2) is 11.1 Å². The summed E-state index contributed by atoms with van der Waals surface area (Å²) in [5.74, 6) is -0.202. The number of benzene rings is 3. The second-order valence-corrected chi connectivity index (χ2v) is 5.17. The molecule has 0 aromatic heterocycles. The first kappa shape index (κ1) is 14.9. The molecule has 0 aliphatic heterocycles. The molecule has 114 valence electrons. The van der Waals surface area contributed by atoms with Crippen LogP contribution in [0, 0.1) is 0 Å². The lowest BCUT2D eigenvalue weighted by atomic mass is 10.1. The van der Waals surface area contributed by atoms with E-state index in [1.54, 1.807) is 30.3 Å². The van der Waals surface area contributed by atoms with E-state index in [4.69, 9.17) is 4.74 Å². The Morgan fingerprint density at radius 3 is 2.52 bits per heavy atom. The third-order valence-electron chi connectivity index (χ3n) is 3.55. The van der Waals surface area contributed by atoms with Gasteiger partial charge in [-0.1, -0.05) is 54.6 Å². The summed E-state index contributed by atoms with van der Waals surface area (Å²) < 4.78 is 5.31. The van der Waals surface area contributed by atoms with Crippen molar-refractivity contribution in [3.63, 3.8) is 0 Å². The Hall–Kier alpha value is -3.07. The molecular weight excluding hydrogens is 288 g/mol. The van der Waals surface area contributed by atoms with Gasteiger partial charge in [-0.05, 0) is 40.1 Å². The van der Waals surface area contributed by atoms with Gasteiger partial charge >= 0.3 is 5.97 Å². The first-order valence-electron chi connectivity index (χ1n) is 7.33. The highest BCUT2D eigenvalue weighted by Crippen LogP contribution is 2.19. The van der Waals surface area contributed by atoms with Crippen molar-refractivity contribution in [3.8, 4) is 5.75 Å². The second kappa shape index (κ2) is 6.79. The first-order chi connectivity index (χ1) is 11.2. The second-order valence-electron chi connectivity index (χ2n) is 5.17. The van der Waals surface area contributed by atoms with E-state index in [0.29, 0.717) is 0 Å². The maximum Gasteiger partial charge on any atom is 0.331 e. The van der Waals surface area contributed by atoms with Gasteiger partial charge in [0.2, 0.25) is 0 Å². The Balaban J connectivity index is 1.65. The largest absolute Gasteiger partial charge is 0.508 e. The van der Waals surface area contributed by atoms with Crippen LogP contribution >= 0.6 is 0 Å². The summed E-state index contributed by atoms with van der Waals surface area (Å²) in [5, 5.41) is 11.4. The summed E-state index contributed by atoms with van der Waals surface area (Å²) in [5.41, 5.74) is 1.80. The predicted octanol–water partition coefficient (Wildman–Crippen LogP) is 4.30.